The monoisotopic (exact) mass is 333 g/mol. The van der Waals surface area contributed by atoms with Crippen molar-refractivity contribution in [3.63, 3.8) is 0 Å². The topological polar surface area (TPSA) is 76.1 Å². The van der Waals surface area contributed by atoms with E-state index in [9.17, 15) is 14.7 Å². The highest BCUT2D eigenvalue weighted by molar-refractivity contribution is 5.80. The van der Waals surface area contributed by atoms with Gasteiger partial charge in [0.2, 0.25) is 0 Å². The molecule has 0 bridgehead atoms. The van der Waals surface area contributed by atoms with Gasteiger partial charge < -0.3 is 19.5 Å². The summed E-state index contributed by atoms with van der Waals surface area (Å²) in [5.41, 5.74) is 0.705. The zero-order valence-electron chi connectivity index (χ0n) is 13.9. The second-order valence-electron chi connectivity index (χ2n) is 6.75. The van der Waals surface area contributed by atoms with Crippen molar-refractivity contribution >= 4 is 11.9 Å². The Morgan fingerprint density at radius 2 is 2.12 bits per heavy atom. The van der Waals surface area contributed by atoms with Crippen molar-refractivity contribution in [3.8, 4) is 5.75 Å². The third kappa shape index (κ3) is 3.38. The third-order valence-electron chi connectivity index (χ3n) is 5.14. The lowest BCUT2D eigenvalue weighted by Crippen LogP contribution is -2.40. The molecule has 0 saturated carbocycles. The summed E-state index contributed by atoms with van der Waals surface area (Å²) in [6.45, 7) is 3.75. The van der Waals surface area contributed by atoms with E-state index in [1.165, 1.54) is 0 Å². The number of rotatable bonds is 4. The van der Waals surface area contributed by atoms with Gasteiger partial charge in [-0.3, -0.25) is 9.59 Å². The first-order chi connectivity index (χ1) is 11.5. The molecule has 0 radical (unpaired) electrons. The largest absolute Gasteiger partial charge is 0.484 e. The predicted molar refractivity (Wildman–Crippen MR) is 86.9 cm³/mol. The van der Waals surface area contributed by atoms with Gasteiger partial charge in [-0.25, -0.2) is 0 Å². The Labute approximate surface area is 141 Å². The third-order valence-corrected chi connectivity index (χ3v) is 5.14. The summed E-state index contributed by atoms with van der Waals surface area (Å²) >= 11 is 0. The Morgan fingerprint density at radius 1 is 1.38 bits per heavy atom. The summed E-state index contributed by atoms with van der Waals surface area (Å²) in [6.07, 6.45) is 1.37. The van der Waals surface area contributed by atoms with Crippen molar-refractivity contribution in [2.24, 2.45) is 11.3 Å². The van der Waals surface area contributed by atoms with Crippen LogP contribution in [0.15, 0.2) is 24.3 Å². The summed E-state index contributed by atoms with van der Waals surface area (Å²) in [6, 6.07) is 7.52. The van der Waals surface area contributed by atoms with Gasteiger partial charge in [-0.15, -0.1) is 0 Å². The van der Waals surface area contributed by atoms with E-state index in [1.807, 2.05) is 31.2 Å². The Bertz CT molecular complexity index is 624. The number of carbonyl (C=O) groups excluding carboxylic acids is 1. The summed E-state index contributed by atoms with van der Waals surface area (Å²) in [7, 11) is 0. The van der Waals surface area contributed by atoms with Gasteiger partial charge in [0, 0.05) is 31.7 Å². The van der Waals surface area contributed by atoms with E-state index in [0.717, 1.165) is 5.56 Å². The fourth-order valence-electron chi connectivity index (χ4n) is 3.72. The maximum absolute atomic E-state index is 12.5. The van der Waals surface area contributed by atoms with Crippen LogP contribution >= 0.6 is 0 Å². The van der Waals surface area contributed by atoms with Gasteiger partial charge in [0.1, 0.15) is 5.75 Å². The molecular formula is C18H23NO5. The van der Waals surface area contributed by atoms with Crippen molar-refractivity contribution in [3.05, 3.63) is 29.8 Å². The molecule has 0 aromatic heterocycles. The zero-order chi connectivity index (χ0) is 17.2. The highest BCUT2D eigenvalue weighted by Crippen LogP contribution is 2.44. The molecule has 24 heavy (non-hydrogen) atoms. The van der Waals surface area contributed by atoms with Crippen LogP contribution in [0, 0.1) is 18.3 Å². The van der Waals surface area contributed by atoms with Gasteiger partial charge in [-0.1, -0.05) is 12.1 Å². The van der Waals surface area contributed by atoms with Crippen LogP contribution < -0.4 is 4.74 Å². The van der Waals surface area contributed by atoms with Crippen LogP contribution in [0.3, 0.4) is 0 Å². The Balaban J connectivity index is 1.64. The maximum Gasteiger partial charge on any atom is 0.308 e. The number of nitrogens with zero attached hydrogens (tertiary/aromatic N) is 1. The average Bonchev–Trinajstić information content (AvgIpc) is 2.92. The van der Waals surface area contributed by atoms with Crippen LogP contribution in [0.4, 0.5) is 0 Å². The summed E-state index contributed by atoms with van der Waals surface area (Å²) in [5, 5.41) is 9.56. The van der Waals surface area contributed by atoms with Crippen molar-refractivity contribution in [1.82, 2.24) is 4.90 Å². The van der Waals surface area contributed by atoms with Gasteiger partial charge in [0.25, 0.3) is 5.91 Å². The average molecular weight is 333 g/mol. The number of hydrogen-bond donors (Lipinski definition) is 1. The smallest absolute Gasteiger partial charge is 0.308 e. The van der Waals surface area contributed by atoms with Gasteiger partial charge >= 0.3 is 5.97 Å². The molecule has 1 spiro atoms. The Hall–Kier alpha value is -2.08. The van der Waals surface area contributed by atoms with E-state index in [2.05, 4.69) is 0 Å². The van der Waals surface area contributed by atoms with Gasteiger partial charge in [-0.05, 0) is 37.5 Å². The molecule has 1 aromatic carbocycles. The van der Waals surface area contributed by atoms with E-state index in [0.29, 0.717) is 38.3 Å². The van der Waals surface area contributed by atoms with Crippen molar-refractivity contribution < 1.29 is 24.2 Å². The highest BCUT2D eigenvalue weighted by Gasteiger charge is 2.51. The lowest BCUT2D eigenvalue weighted by Gasteiger charge is -2.36. The van der Waals surface area contributed by atoms with Crippen molar-refractivity contribution in [1.29, 1.82) is 0 Å². The molecule has 2 aliphatic heterocycles. The molecule has 0 aliphatic carbocycles. The summed E-state index contributed by atoms with van der Waals surface area (Å²) in [4.78, 5) is 25.8. The number of carbonyl (C=O) groups is 2. The van der Waals surface area contributed by atoms with Crippen LogP contribution in [0.5, 0.6) is 5.75 Å². The summed E-state index contributed by atoms with van der Waals surface area (Å²) < 4.78 is 10.9. The number of amides is 1. The molecule has 1 atom stereocenters. The van der Waals surface area contributed by atoms with Crippen LogP contribution in [0.2, 0.25) is 0 Å². The minimum Gasteiger partial charge on any atom is -0.484 e. The molecule has 2 aliphatic rings. The van der Waals surface area contributed by atoms with Crippen LogP contribution in [0.25, 0.3) is 0 Å². The molecule has 1 aromatic rings. The van der Waals surface area contributed by atoms with E-state index >= 15 is 0 Å². The molecule has 1 amide bonds. The number of ether oxygens (including phenoxy) is 2. The van der Waals surface area contributed by atoms with Crippen LogP contribution in [-0.4, -0.2) is 54.8 Å². The number of carboxylic acid groups (broad SMARTS) is 1. The minimum absolute atomic E-state index is 0.0671. The highest BCUT2D eigenvalue weighted by atomic mass is 16.5. The molecule has 1 N–H and O–H groups in total. The molecule has 2 saturated heterocycles. The number of carboxylic acids is 1. The lowest BCUT2D eigenvalue weighted by atomic mass is 9.72. The minimum atomic E-state index is -0.827. The second kappa shape index (κ2) is 6.81. The van der Waals surface area contributed by atoms with Gasteiger partial charge in [-0.2, -0.15) is 0 Å². The normalized spacial score (nSPS) is 22.5. The van der Waals surface area contributed by atoms with E-state index < -0.39 is 11.9 Å². The first-order valence-electron chi connectivity index (χ1n) is 8.28. The van der Waals surface area contributed by atoms with E-state index in [1.54, 1.807) is 4.90 Å². The van der Waals surface area contributed by atoms with Crippen LogP contribution in [-0.2, 0) is 14.3 Å². The molecule has 1 unspecified atom stereocenters. The molecule has 6 nitrogen and oxygen atoms in total. The van der Waals surface area contributed by atoms with Gasteiger partial charge in [0.15, 0.2) is 6.61 Å². The van der Waals surface area contributed by atoms with Crippen molar-refractivity contribution in [2.75, 3.05) is 32.9 Å². The number of likely N-dealkylation sites (tertiary alicyclic amines) is 1. The molecular weight excluding hydrogens is 310 g/mol. The first kappa shape index (κ1) is 16.8. The standard InChI is InChI=1S/C18H23NO5/c1-13-3-2-4-14(9-13)24-11-16(20)19-10-15(17(21)22)18(12-19)5-7-23-8-6-18/h2-4,9,15H,5-8,10-12H2,1H3,(H,21,22). The van der Waals surface area contributed by atoms with Gasteiger partial charge in [0.05, 0.1) is 5.92 Å². The number of hydrogen-bond acceptors (Lipinski definition) is 4. The number of benzene rings is 1. The number of aliphatic carboxylic acids is 1. The van der Waals surface area contributed by atoms with E-state index in [-0.39, 0.29) is 24.5 Å². The first-order valence-corrected chi connectivity index (χ1v) is 8.28. The number of aryl methyl sites for hydroxylation is 1. The summed E-state index contributed by atoms with van der Waals surface area (Å²) in [5.74, 6) is -0.861. The van der Waals surface area contributed by atoms with E-state index in [4.69, 9.17) is 9.47 Å². The molecule has 6 heteroatoms. The quantitative estimate of drug-likeness (QED) is 0.908. The molecule has 2 heterocycles. The fraction of sp³-hybridized carbons (Fsp3) is 0.556. The van der Waals surface area contributed by atoms with Crippen molar-refractivity contribution in [2.45, 2.75) is 19.8 Å². The molecule has 3 rings (SSSR count). The zero-order valence-corrected chi connectivity index (χ0v) is 13.9. The lowest BCUT2D eigenvalue weighted by molar-refractivity contribution is -0.146. The predicted octanol–water partition coefficient (Wildman–Crippen LogP) is 1.71. The molecule has 2 fully saturated rings. The Kier molecular flexibility index (Phi) is 4.76. The maximum atomic E-state index is 12.5. The van der Waals surface area contributed by atoms with Crippen LogP contribution in [0.1, 0.15) is 18.4 Å². The SMILES string of the molecule is Cc1cccc(OCC(=O)N2CC(C(=O)O)C3(CCOCC3)C2)c1. The second-order valence-corrected chi connectivity index (χ2v) is 6.75. The Morgan fingerprint density at radius 3 is 2.79 bits per heavy atom. The fourth-order valence-corrected chi connectivity index (χ4v) is 3.72. The molecule has 130 valence electrons.